The molecule has 1 fully saturated rings. The third-order valence-electron chi connectivity index (χ3n) is 7.78. The first-order valence-corrected chi connectivity index (χ1v) is 12.8. The monoisotopic (exact) mass is 480 g/mol. The molecule has 7 nitrogen and oxygen atoms in total. The number of imidazole rings is 1. The number of likely N-dealkylation sites (tertiary alicyclic amines) is 1. The zero-order chi connectivity index (χ0) is 25.0. The molecule has 0 spiro atoms. The SMILES string of the molecule is Cc1nc2ccc(-n3ncc(C(=O)C4=Cc5cc(C6CCN(C(C)C)CC6)ccc5C4)c3N)cc2[nH]1. The quantitative estimate of drug-likeness (QED) is 0.390. The molecule has 0 amide bonds. The van der Waals surface area contributed by atoms with Crippen LogP contribution in [0.3, 0.4) is 0 Å². The molecule has 0 unspecified atom stereocenters. The Kier molecular flexibility index (Phi) is 5.52. The lowest BCUT2D eigenvalue weighted by Gasteiger charge is -2.34. The van der Waals surface area contributed by atoms with Crippen molar-refractivity contribution < 1.29 is 4.79 Å². The number of nitrogens with two attached hydrogens (primary N) is 1. The van der Waals surface area contributed by atoms with E-state index >= 15 is 0 Å². The van der Waals surface area contributed by atoms with Gasteiger partial charge in [-0.15, -0.1) is 0 Å². The molecule has 3 heterocycles. The normalized spacial score (nSPS) is 16.6. The summed E-state index contributed by atoms with van der Waals surface area (Å²) in [5, 5.41) is 4.44. The van der Waals surface area contributed by atoms with Crippen LogP contribution in [0.4, 0.5) is 5.82 Å². The summed E-state index contributed by atoms with van der Waals surface area (Å²) in [6.07, 6.45) is 6.63. The van der Waals surface area contributed by atoms with Gasteiger partial charge in [0.2, 0.25) is 0 Å². The van der Waals surface area contributed by atoms with Gasteiger partial charge in [-0.05, 0) is 93.6 Å². The predicted octanol–water partition coefficient (Wildman–Crippen LogP) is 5.05. The van der Waals surface area contributed by atoms with Crippen molar-refractivity contribution in [2.24, 2.45) is 0 Å². The minimum atomic E-state index is -0.0554. The lowest BCUT2D eigenvalue weighted by molar-refractivity contribution is 0.103. The number of aromatic amines is 1. The minimum Gasteiger partial charge on any atom is -0.383 e. The van der Waals surface area contributed by atoms with Gasteiger partial charge < -0.3 is 15.6 Å². The molecule has 4 aromatic rings. The van der Waals surface area contributed by atoms with Gasteiger partial charge in [0.15, 0.2) is 5.78 Å². The molecule has 1 aliphatic heterocycles. The Labute approximate surface area is 211 Å². The second-order valence-corrected chi connectivity index (χ2v) is 10.4. The number of aryl methyl sites for hydroxylation is 1. The average Bonchev–Trinajstić information content (AvgIpc) is 3.58. The predicted molar refractivity (Wildman–Crippen MR) is 144 cm³/mol. The van der Waals surface area contributed by atoms with E-state index in [9.17, 15) is 4.79 Å². The molecule has 0 bridgehead atoms. The van der Waals surface area contributed by atoms with Crippen LogP contribution < -0.4 is 5.73 Å². The number of allylic oxidation sites excluding steroid dienone is 1. The number of fused-ring (bicyclic) bond motifs is 2. The van der Waals surface area contributed by atoms with Crippen LogP contribution in [0.15, 0.2) is 48.2 Å². The third kappa shape index (κ3) is 3.93. The average molecular weight is 481 g/mol. The zero-order valence-electron chi connectivity index (χ0n) is 21.1. The van der Waals surface area contributed by atoms with Crippen LogP contribution in [-0.4, -0.2) is 49.6 Å². The van der Waals surface area contributed by atoms with Gasteiger partial charge in [0.1, 0.15) is 11.6 Å². The Bertz CT molecular complexity index is 1500. The van der Waals surface area contributed by atoms with Crippen LogP contribution in [0, 0.1) is 6.92 Å². The van der Waals surface area contributed by atoms with Crippen molar-refractivity contribution >= 4 is 28.7 Å². The second-order valence-electron chi connectivity index (χ2n) is 10.4. The fourth-order valence-electron chi connectivity index (χ4n) is 5.67. The lowest BCUT2D eigenvalue weighted by atomic mass is 9.87. The van der Waals surface area contributed by atoms with Gasteiger partial charge in [-0.1, -0.05) is 18.2 Å². The summed E-state index contributed by atoms with van der Waals surface area (Å²) in [6, 6.07) is 13.1. The number of hydrogen-bond donors (Lipinski definition) is 2. The Morgan fingerprint density at radius 3 is 2.72 bits per heavy atom. The molecule has 0 saturated carbocycles. The maximum absolute atomic E-state index is 13.5. The molecular formula is C29H32N6O. The molecule has 7 heteroatoms. The van der Waals surface area contributed by atoms with E-state index in [0.717, 1.165) is 46.8 Å². The first-order chi connectivity index (χ1) is 17.4. The van der Waals surface area contributed by atoms with Gasteiger partial charge in [-0.2, -0.15) is 5.10 Å². The molecule has 2 aliphatic rings. The highest BCUT2D eigenvalue weighted by atomic mass is 16.1. The first kappa shape index (κ1) is 22.7. The van der Waals surface area contributed by atoms with E-state index in [0.29, 0.717) is 29.8 Å². The number of nitrogen functional groups attached to an aromatic ring is 1. The molecule has 0 atom stereocenters. The Morgan fingerprint density at radius 1 is 1.14 bits per heavy atom. The van der Waals surface area contributed by atoms with Crippen LogP contribution in [-0.2, 0) is 6.42 Å². The van der Waals surface area contributed by atoms with Gasteiger partial charge in [-0.3, -0.25) is 4.79 Å². The summed E-state index contributed by atoms with van der Waals surface area (Å²) in [6.45, 7) is 8.76. The molecular weight excluding hydrogens is 448 g/mol. The van der Waals surface area contributed by atoms with Gasteiger partial charge in [0.05, 0.1) is 28.5 Å². The molecule has 0 radical (unpaired) electrons. The number of aromatic nitrogens is 4. The highest BCUT2D eigenvalue weighted by Gasteiger charge is 2.26. The van der Waals surface area contributed by atoms with Crippen LogP contribution >= 0.6 is 0 Å². The van der Waals surface area contributed by atoms with Crippen LogP contribution in [0.1, 0.15) is 65.5 Å². The van der Waals surface area contributed by atoms with Crippen molar-refractivity contribution in [1.82, 2.24) is 24.6 Å². The molecule has 6 rings (SSSR count). The summed E-state index contributed by atoms with van der Waals surface area (Å²) < 4.78 is 1.62. The summed E-state index contributed by atoms with van der Waals surface area (Å²) in [5.74, 6) is 1.73. The van der Waals surface area contributed by atoms with Crippen molar-refractivity contribution in [2.45, 2.75) is 52.0 Å². The van der Waals surface area contributed by atoms with Gasteiger partial charge in [0.25, 0.3) is 0 Å². The minimum absolute atomic E-state index is 0.0554. The number of anilines is 1. The van der Waals surface area contributed by atoms with Gasteiger partial charge in [-0.25, -0.2) is 9.67 Å². The lowest BCUT2D eigenvalue weighted by Crippen LogP contribution is -2.37. The molecule has 184 valence electrons. The summed E-state index contributed by atoms with van der Waals surface area (Å²) in [5.41, 5.74) is 14.0. The van der Waals surface area contributed by atoms with Gasteiger partial charge in [0, 0.05) is 18.0 Å². The Morgan fingerprint density at radius 2 is 1.94 bits per heavy atom. The van der Waals surface area contributed by atoms with Crippen molar-refractivity contribution in [1.29, 1.82) is 0 Å². The summed E-state index contributed by atoms with van der Waals surface area (Å²) in [4.78, 5) is 23.7. The van der Waals surface area contributed by atoms with Crippen molar-refractivity contribution in [3.8, 4) is 5.69 Å². The topological polar surface area (TPSA) is 92.8 Å². The van der Waals surface area contributed by atoms with E-state index in [2.05, 4.69) is 52.0 Å². The number of Topliss-reactive ketones (excluding diaryl/α,β-unsaturated/α-hetero) is 1. The maximum Gasteiger partial charge on any atom is 0.194 e. The summed E-state index contributed by atoms with van der Waals surface area (Å²) >= 11 is 0. The third-order valence-corrected chi connectivity index (χ3v) is 7.78. The van der Waals surface area contributed by atoms with E-state index in [4.69, 9.17) is 5.73 Å². The zero-order valence-corrected chi connectivity index (χ0v) is 21.1. The number of carbonyl (C=O) groups is 1. The van der Waals surface area contributed by atoms with E-state index in [1.54, 1.807) is 10.9 Å². The highest BCUT2D eigenvalue weighted by molar-refractivity contribution is 6.15. The number of piperidine rings is 1. The number of H-pyrrole nitrogens is 1. The van der Waals surface area contributed by atoms with E-state index < -0.39 is 0 Å². The van der Waals surface area contributed by atoms with E-state index in [-0.39, 0.29) is 5.78 Å². The fourth-order valence-corrected chi connectivity index (χ4v) is 5.67. The standard InChI is InChI=1S/C29H32N6O/c1-17(2)34-10-8-19(9-11-34)20-4-5-21-13-23(14-22(21)12-20)28(36)25-16-31-35(29(25)30)24-6-7-26-27(15-24)33-18(3)32-26/h4-7,12,14-17,19H,8-11,13,30H2,1-3H3,(H,32,33). The largest absolute Gasteiger partial charge is 0.383 e. The van der Waals surface area contributed by atoms with Crippen molar-refractivity contribution in [2.75, 3.05) is 18.8 Å². The molecule has 2 aromatic carbocycles. The number of hydrogen-bond acceptors (Lipinski definition) is 5. The van der Waals surface area contributed by atoms with Crippen molar-refractivity contribution in [3.63, 3.8) is 0 Å². The maximum atomic E-state index is 13.5. The van der Waals surface area contributed by atoms with E-state index in [1.807, 2.05) is 31.2 Å². The molecule has 3 N–H and O–H groups in total. The molecule has 36 heavy (non-hydrogen) atoms. The number of ketones is 1. The first-order valence-electron chi connectivity index (χ1n) is 12.8. The number of benzene rings is 2. The van der Waals surface area contributed by atoms with Crippen LogP contribution in [0.25, 0.3) is 22.8 Å². The van der Waals surface area contributed by atoms with Crippen LogP contribution in [0.5, 0.6) is 0 Å². The smallest absolute Gasteiger partial charge is 0.194 e. The van der Waals surface area contributed by atoms with Crippen molar-refractivity contribution in [3.05, 3.63) is 76.2 Å². The highest BCUT2D eigenvalue weighted by Crippen LogP contribution is 2.34. The van der Waals surface area contributed by atoms with E-state index in [1.165, 1.54) is 24.0 Å². The second kappa shape index (κ2) is 8.75. The number of nitrogens with one attached hydrogen (secondary N) is 1. The van der Waals surface area contributed by atoms with Gasteiger partial charge >= 0.3 is 0 Å². The molecule has 1 aliphatic carbocycles. The number of carbonyl (C=O) groups excluding carboxylic acids is 1. The Hall–Kier alpha value is -3.71. The Balaban J connectivity index is 1.22. The van der Waals surface area contributed by atoms with Crippen LogP contribution in [0.2, 0.25) is 0 Å². The molecule has 1 saturated heterocycles. The molecule has 2 aromatic heterocycles. The summed E-state index contributed by atoms with van der Waals surface area (Å²) in [7, 11) is 0. The fraction of sp³-hybridized carbons (Fsp3) is 0.345. The number of rotatable bonds is 5. The number of nitrogens with zero attached hydrogens (tertiary/aromatic N) is 4.